The van der Waals surface area contributed by atoms with E-state index >= 15 is 0 Å². The van der Waals surface area contributed by atoms with Gasteiger partial charge in [-0.05, 0) is 67.3 Å². The number of ether oxygens (including phenoxy) is 4. The molecule has 9 nitrogen and oxygen atoms in total. The van der Waals surface area contributed by atoms with E-state index in [0.717, 1.165) is 36.5 Å². The van der Waals surface area contributed by atoms with E-state index in [9.17, 15) is 14.7 Å². The summed E-state index contributed by atoms with van der Waals surface area (Å²) < 4.78 is 23.4. The fourth-order valence-corrected chi connectivity index (χ4v) is 6.29. The van der Waals surface area contributed by atoms with Crippen LogP contribution in [0.1, 0.15) is 48.6 Å². The molecule has 0 aromatic heterocycles. The Kier molecular flexibility index (Phi) is 9.37. The van der Waals surface area contributed by atoms with Crippen molar-refractivity contribution >= 4 is 17.4 Å². The third kappa shape index (κ3) is 6.70. The predicted octanol–water partition coefficient (Wildman–Crippen LogP) is 5.13. The first-order valence-corrected chi connectivity index (χ1v) is 15.7. The van der Waals surface area contributed by atoms with Crippen molar-refractivity contribution in [1.82, 2.24) is 9.80 Å². The summed E-state index contributed by atoms with van der Waals surface area (Å²) in [6.07, 6.45) is 1.42. The van der Waals surface area contributed by atoms with Crippen molar-refractivity contribution in [3.05, 3.63) is 94.6 Å². The van der Waals surface area contributed by atoms with Gasteiger partial charge in [-0.1, -0.05) is 36.4 Å². The Hall–Kier alpha value is -4.34. The lowest BCUT2D eigenvalue weighted by atomic mass is 9.94. The third-order valence-corrected chi connectivity index (χ3v) is 8.51. The maximum Gasteiger partial charge on any atom is 0.295 e. The maximum absolute atomic E-state index is 13.7. The number of morpholine rings is 1. The summed E-state index contributed by atoms with van der Waals surface area (Å²) in [6, 6.07) is 19.9. The zero-order chi connectivity index (χ0) is 31.3. The van der Waals surface area contributed by atoms with Crippen LogP contribution in [0.3, 0.4) is 0 Å². The number of hydrogen-bond acceptors (Lipinski definition) is 8. The molecule has 6 rings (SSSR count). The Bertz CT molecular complexity index is 1560. The van der Waals surface area contributed by atoms with E-state index in [2.05, 4.69) is 4.90 Å². The molecule has 0 aliphatic carbocycles. The predicted molar refractivity (Wildman–Crippen MR) is 170 cm³/mol. The first-order valence-electron chi connectivity index (χ1n) is 15.7. The number of Topliss-reactive ketones (excluding diaryl/α,β-unsaturated/α-hetero) is 1. The van der Waals surface area contributed by atoms with Crippen LogP contribution in [0.2, 0.25) is 0 Å². The van der Waals surface area contributed by atoms with Crippen molar-refractivity contribution in [3.63, 3.8) is 0 Å². The molecule has 1 amide bonds. The van der Waals surface area contributed by atoms with E-state index in [1.54, 1.807) is 11.0 Å². The molecule has 45 heavy (non-hydrogen) atoms. The maximum atomic E-state index is 13.7. The van der Waals surface area contributed by atoms with Crippen molar-refractivity contribution < 1.29 is 33.6 Å². The van der Waals surface area contributed by atoms with Crippen LogP contribution in [0, 0.1) is 0 Å². The van der Waals surface area contributed by atoms with Crippen LogP contribution in [0.5, 0.6) is 17.2 Å². The van der Waals surface area contributed by atoms with Crippen LogP contribution >= 0.6 is 0 Å². The number of carbonyl (C=O) groups is 2. The lowest BCUT2D eigenvalue weighted by Crippen LogP contribution is -2.39. The van der Waals surface area contributed by atoms with Crippen LogP contribution in [0.25, 0.3) is 5.76 Å². The highest BCUT2D eigenvalue weighted by Gasteiger charge is 2.46. The number of aliphatic hydroxyl groups is 1. The topological polar surface area (TPSA) is 97.8 Å². The number of fused-ring (bicyclic) bond motifs is 1. The van der Waals surface area contributed by atoms with E-state index in [1.165, 1.54) is 0 Å². The van der Waals surface area contributed by atoms with Crippen LogP contribution in [-0.4, -0.2) is 78.7 Å². The molecule has 2 atom stereocenters. The minimum Gasteiger partial charge on any atom is -0.507 e. The number of carbonyl (C=O) groups excluding carboxylic acids is 2. The molecule has 0 unspecified atom stereocenters. The largest absolute Gasteiger partial charge is 0.507 e. The number of nitrogens with zero attached hydrogens (tertiary/aromatic N) is 2. The summed E-state index contributed by atoms with van der Waals surface area (Å²) in [5.41, 5.74) is 3.19. The summed E-state index contributed by atoms with van der Waals surface area (Å²) in [6.45, 7) is 8.84. The van der Waals surface area contributed by atoms with Gasteiger partial charge in [-0.2, -0.15) is 0 Å². The highest BCUT2D eigenvalue weighted by atomic mass is 16.5. The van der Waals surface area contributed by atoms with Gasteiger partial charge in [0, 0.05) is 38.2 Å². The Morgan fingerprint density at radius 2 is 1.76 bits per heavy atom. The molecule has 2 saturated heterocycles. The Balaban J connectivity index is 1.35. The van der Waals surface area contributed by atoms with Crippen molar-refractivity contribution in [3.8, 4) is 17.2 Å². The molecule has 2 fully saturated rings. The third-order valence-electron chi connectivity index (χ3n) is 8.51. The first kappa shape index (κ1) is 30.7. The van der Waals surface area contributed by atoms with Gasteiger partial charge >= 0.3 is 0 Å². The molecule has 3 heterocycles. The smallest absolute Gasteiger partial charge is 0.295 e. The first-order chi connectivity index (χ1) is 21.9. The van der Waals surface area contributed by atoms with Gasteiger partial charge in [-0.25, -0.2) is 0 Å². The average molecular weight is 613 g/mol. The van der Waals surface area contributed by atoms with Crippen LogP contribution in [-0.2, 0) is 27.4 Å². The Labute approximate surface area is 263 Å². The molecule has 3 aromatic carbocycles. The highest BCUT2D eigenvalue weighted by molar-refractivity contribution is 6.46. The van der Waals surface area contributed by atoms with Crippen molar-refractivity contribution in [1.29, 1.82) is 0 Å². The zero-order valence-corrected chi connectivity index (χ0v) is 25.9. The minimum atomic E-state index is -0.791. The van der Waals surface area contributed by atoms with E-state index in [4.69, 9.17) is 18.9 Å². The van der Waals surface area contributed by atoms with E-state index in [0.29, 0.717) is 68.4 Å². The van der Waals surface area contributed by atoms with Crippen LogP contribution < -0.4 is 14.2 Å². The van der Waals surface area contributed by atoms with E-state index < -0.39 is 17.7 Å². The number of benzene rings is 3. The average Bonchev–Trinajstić information content (AvgIpc) is 3.56. The molecule has 236 valence electrons. The highest BCUT2D eigenvalue weighted by Crippen LogP contribution is 2.43. The number of hydrogen-bond donors (Lipinski definition) is 1. The van der Waals surface area contributed by atoms with E-state index in [-0.39, 0.29) is 17.4 Å². The van der Waals surface area contributed by atoms with Gasteiger partial charge in [0.25, 0.3) is 11.7 Å². The van der Waals surface area contributed by atoms with Crippen LogP contribution in [0.4, 0.5) is 0 Å². The SMILES string of the molecule is CCOc1cc([C@H]2/C(=C(\O)c3ccc4c(c3)C[C@H](C)O4)C(=O)C(=O)N2CCCN2CCOCC2)ccc1OCc1ccccc1. The number of likely N-dealkylation sites (tertiary alicyclic amines) is 1. The zero-order valence-electron chi connectivity index (χ0n) is 25.9. The molecule has 0 spiro atoms. The number of aliphatic hydroxyl groups excluding tert-OH is 1. The van der Waals surface area contributed by atoms with Gasteiger partial charge in [-0.15, -0.1) is 0 Å². The standard InChI is InChI=1S/C36H40N2O7/c1-3-43-31-22-26(10-13-30(31)44-23-25-8-5-4-6-9-25)33-32(34(39)27-11-12-29-28(21-27)20-24(2)45-29)35(40)36(41)38(33)15-7-14-37-16-18-42-19-17-37/h4-6,8-13,21-22,24,33,39H,3,7,14-20,23H2,1-2H3/b34-32+/t24-,33-/m0/s1. The van der Waals surface area contributed by atoms with Gasteiger partial charge < -0.3 is 29.0 Å². The van der Waals surface area contributed by atoms with Gasteiger partial charge in [0.2, 0.25) is 0 Å². The number of ketones is 1. The van der Waals surface area contributed by atoms with Gasteiger partial charge in [0.1, 0.15) is 24.2 Å². The minimum absolute atomic E-state index is 0.0362. The second-order valence-corrected chi connectivity index (χ2v) is 11.7. The fraction of sp³-hybridized carbons (Fsp3) is 0.389. The molecule has 9 heteroatoms. The molecule has 0 saturated carbocycles. The lowest BCUT2D eigenvalue weighted by Gasteiger charge is -2.29. The Morgan fingerprint density at radius 1 is 0.956 bits per heavy atom. The summed E-state index contributed by atoms with van der Waals surface area (Å²) in [5, 5.41) is 11.7. The second kappa shape index (κ2) is 13.7. The normalized spacial score (nSPS) is 21.1. The molecule has 3 aliphatic heterocycles. The van der Waals surface area contributed by atoms with Crippen LogP contribution in [0.15, 0.2) is 72.3 Å². The number of amides is 1. The van der Waals surface area contributed by atoms with Crippen molar-refractivity contribution in [2.45, 2.75) is 45.4 Å². The molecule has 1 N–H and O–H groups in total. The van der Waals surface area contributed by atoms with Gasteiger partial charge in [0.05, 0.1) is 31.4 Å². The van der Waals surface area contributed by atoms with Crippen molar-refractivity contribution in [2.75, 3.05) is 46.0 Å². The quantitative estimate of drug-likeness (QED) is 0.181. The second-order valence-electron chi connectivity index (χ2n) is 11.7. The Morgan fingerprint density at radius 3 is 2.53 bits per heavy atom. The lowest BCUT2D eigenvalue weighted by molar-refractivity contribution is -0.140. The summed E-state index contributed by atoms with van der Waals surface area (Å²) >= 11 is 0. The van der Waals surface area contributed by atoms with Gasteiger partial charge in [-0.3, -0.25) is 14.5 Å². The molecular weight excluding hydrogens is 572 g/mol. The van der Waals surface area contributed by atoms with Gasteiger partial charge in [0.15, 0.2) is 11.5 Å². The summed E-state index contributed by atoms with van der Waals surface area (Å²) in [7, 11) is 0. The molecule has 0 radical (unpaired) electrons. The number of rotatable bonds is 11. The summed E-state index contributed by atoms with van der Waals surface area (Å²) in [4.78, 5) is 31.2. The summed E-state index contributed by atoms with van der Waals surface area (Å²) in [5.74, 6) is 0.320. The monoisotopic (exact) mass is 612 g/mol. The molecule has 3 aliphatic rings. The van der Waals surface area contributed by atoms with Crippen molar-refractivity contribution in [2.24, 2.45) is 0 Å². The molecule has 3 aromatic rings. The molecule has 0 bridgehead atoms. The molecular formula is C36H40N2O7. The fourth-order valence-electron chi connectivity index (χ4n) is 6.29. The van der Waals surface area contributed by atoms with E-state index in [1.807, 2.05) is 74.5 Å².